The lowest BCUT2D eigenvalue weighted by Gasteiger charge is -2.18. The average molecular weight is 305 g/mol. The monoisotopic (exact) mass is 305 g/mol. The highest BCUT2D eigenvalue weighted by atomic mass is 32.2. The first-order chi connectivity index (χ1) is 9.80. The molecule has 0 aliphatic heterocycles. The number of rotatable bonds is 3. The molecule has 0 unspecified atom stereocenters. The van der Waals surface area contributed by atoms with Crippen LogP contribution in [0.5, 0.6) is 0 Å². The molecule has 1 aromatic carbocycles. The lowest BCUT2D eigenvalue weighted by molar-refractivity contribution is 0.0993. The lowest BCUT2D eigenvalue weighted by atomic mass is 10.2. The molecular weight excluding hydrogens is 290 g/mol. The molecule has 110 valence electrons. The first-order valence-electron chi connectivity index (χ1n) is 6.08. The molecule has 6 nitrogen and oxygen atoms in total. The van der Waals surface area contributed by atoms with Gasteiger partial charge in [-0.15, -0.1) is 0 Å². The summed E-state index contributed by atoms with van der Waals surface area (Å²) in [5, 5.41) is 0. The zero-order valence-corrected chi connectivity index (χ0v) is 12.5. The van der Waals surface area contributed by atoms with E-state index in [1.165, 1.54) is 35.4 Å². The minimum Gasteiger partial charge on any atom is -0.396 e. The van der Waals surface area contributed by atoms with Crippen molar-refractivity contribution in [2.24, 2.45) is 0 Å². The van der Waals surface area contributed by atoms with Gasteiger partial charge in [0.25, 0.3) is 5.91 Å². The van der Waals surface area contributed by atoms with E-state index >= 15 is 0 Å². The molecule has 0 fully saturated rings. The third kappa shape index (κ3) is 3.19. The fourth-order valence-electron chi connectivity index (χ4n) is 1.85. The van der Waals surface area contributed by atoms with Crippen molar-refractivity contribution in [3.05, 3.63) is 48.3 Å². The lowest BCUT2D eigenvalue weighted by Crippen LogP contribution is -2.27. The Hall–Kier alpha value is -2.41. The van der Waals surface area contributed by atoms with Gasteiger partial charge in [0.05, 0.1) is 22.5 Å². The van der Waals surface area contributed by atoms with Crippen molar-refractivity contribution in [3.63, 3.8) is 0 Å². The van der Waals surface area contributed by atoms with E-state index in [2.05, 4.69) is 4.98 Å². The van der Waals surface area contributed by atoms with Crippen molar-refractivity contribution in [1.82, 2.24) is 4.98 Å². The van der Waals surface area contributed by atoms with Gasteiger partial charge in [-0.05, 0) is 30.3 Å². The fraction of sp³-hybridized carbons (Fsp3) is 0.143. The van der Waals surface area contributed by atoms with Gasteiger partial charge in [-0.2, -0.15) is 0 Å². The molecule has 21 heavy (non-hydrogen) atoms. The summed E-state index contributed by atoms with van der Waals surface area (Å²) in [5.74, 6) is -0.284. The van der Waals surface area contributed by atoms with Gasteiger partial charge in [0.15, 0.2) is 9.84 Å². The number of carbonyl (C=O) groups excluding carboxylic acids is 1. The van der Waals surface area contributed by atoms with Crippen LogP contribution in [-0.4, -0.2) is 32.6 Å². The molecule has 1 amide bonds. The van der Waals surface area contributed by atoms with Gasteiger partial charge in [-0.25, -0.2) is 8.42 Å². The molecular formula is C14H15N3O3S. The van der Waals surface area contributed by atoms with Crippen LogP contribution in [0.25, 0.3) is 0 Å². The number of hydrogen-bond donors (Lipinski definition) is 1. The van der Waals surface area contributed by atoms with Gasteiger partial charge in [0, 0.05) is 25.1 Å². The molecule has 0 spiro atoms. The molecule has 0 bridgehead atoms. The number of amides is 1. The van der Waals surface area contributed by atoms with Crippen molar-refractivity contribution in [1.29, 1.82) is 0 Å². The van der Waals surface area contributed by atoms with Crippen LogP contribution in [0, 0.1) is 0 Å². The summed E-state index contributed by atoms with van der Waals surface area (Å²) < 4.78 is 22.8. The quantitative estimate of drug-likeness (QED) is 0.923. The summed E-state index contributed by atoms with van der Waals surface area (Å²) in [5.41, 5.74) is 7.09. The highest BCUT2D eigenvalue weighted by Gasteiger charge is 2.16. The van der Waals surface area contributed by atoms with Crippen molar-refractivity contribution < 1.29 is 13.2 Å². The third-order valence-corrected chi connectivity index (χ3v) is 4.15. The summed E-state index contributed by atoms with van der Waals surface area (Å²) in [6, 6.07) is 7.41. The van der Waals surface area contributed by atoms with Crippen LogP contribution in [0.15, 0.2) is 47.6 Å². The van der Waals surface area contributed by atoms with Crippen LogP contribution < -0.4 is 10.6 Å². The minimum atomic E-state index is -3.28. The Morgan fingerprint density at radius 1 is 1.19 bits per heavy atom. The van der Waals surface area contributed by atoms with Crippen LogP contribution in [0.1, 0.15) is 10.4 Å². The number of aromatic nitrogens is 1. The predicted molar refractivity (Wildman–Crippen MR) is 80.9 cm³/mol. The maximum absolute atomic E-state index is 12.4. The van der Waals surface area contributed by atoms with Crippen LogP contribution in [-0.2, 0) is 9.84 Å². The molecule has 0 saturated carbocycles. The van der Waals surface area contributed by atoms with Crippen molar-refractivity contribution in [3.8, 4) is 0 Å². The molecule has 1 heterocycles. The highest BCUT2D eigenvalue weighted by Crippen LogP contribution is 2.22. The fourth-order valence-corrected chi connectivity index (χ4v) is 2.48. The van der Waals surface area contributed by atoms with Gasteiger partial charge < -0.3 is 10.6 Å². The number of carbonyl (C=O) groups is 1. The zero-order chi connectivity index (χ0) is 15.6. The van der Waals surface area contributed by atoms with Gasteiger partial charge >= 0.3 is 0 Å². The van der Waals surface area contributed by atoms with Crippen LogP contribution >= 0.6 is 0 Å². The minimum absolute atomic E-state index is 0.171. The third-order valence-electron chi connectivity index (χ3n) is 3.02. The van der Waals surface area contributed by atoms with Crippen molar-refractivity contribution in [2.75, 3.05) is 23.9 Å². The maximum Gasteiger partial charge on any atom is 0.258 e. The standard InChI is InChI=1S/C14H15N3O3S/c1-17(13-7-8-16-9-12(13)15)14(18)10-3-5-11(6-4-10)21(2,19)20/h3-9H,15H2,1-2H3. The van der Waals surface area contributed by atoms with E-state index < -0.39 is 9.84 Å². The van der Waals surface area contributed by atoms with Crippen LogP contribution in [0.3, 0.4) is 0 Å². The number of nitrogens with two attached hydrogens (primary N) is 1. The summed E-state index contributed by atoms with van der Waals surface area (Å²) in [6.07, 6.45) is 4.13. The Morgan fingerprint density at radius 3 is 2.33 bits per heavy atom. The van der Waals surface area contributed by atoms with Crippen molar-refractivity contribution >= 4 is 27.1 Å². The second-order valence-electron chi connectivity index (χ2n) is 4.60. The van der Waals surface area contributed by atoms with E-state index in [0.29, 0.717) is 16.9 Å². The number of pyridine rings is 1. The van der Waals surface area contributed by atoms with Crippen molar-refractivity contribution in [2.45, 2.75) is 4.90 Å². The van der Waals surface area contributed by atoms with Gasteiger partial charge in [-0.3, -0.25) is 9.78 Å². The second kappa shape index (κ2) is 5.53. The summed E-state index contributed by atoms with van der Waals surface area (Å²) in [6.45, 7) is 0. The Bertz CT molecular complexity index is 770. The van der Waals surface area contributed by atoms with E-state index in [1.807, 2.05) is 0 Å². The van der Waals surface area contributed by atoms with E-state index in [-0.39, 0.29) is 10.8 Å². The summed E-state index contributed by atoms with van der Waals surface area (Å²) in [4.78, 5) is 17.8. The first kappa shape index (κ1) is 15.0. The molecule has 1 aromatic heterocycles. The molecule has 0 radical (unpaired) electrons. The zero-order valence-electron chi connectivity index (χ0n) is 11.6. The molecule has 0 aliphatic rings. The van der Waals surface area contributed by atoms with E-state index in [9.17, 15) is 13.2 Å². The highest BCUT2D eigenvalue weighted by molar-refractivity contribution is 7.90. The number of hydrogen-bond acceptors (Lipinski definition) is 5. The number of benzene rings is 1. The Morgan fingerprint density at radius 2 is 1.81 bits per heavy atom. The molecule has 0 aliphatic carbocycles. The van der Waals surface area contributed by atoms with E-state index in [4.69, 9.17) is 5.73 Å². The SMILES string of the molecule is CN(C(=O)c1ccc(S(C)(=O)=O)cc1)c1ccncc1N. The molecule has 0 atom stereocenters. The molecule has 0 saturated heterocycles. The predicted octanol–water partition coefficient (Wildman–Crippen LogP) is 1.34. The number of nitrogens with zero attached hydrogens (tertiary/aromatic N) is 2. The first-order valence-corrected chi connectivity index (χ1v) is 7.97. The van der Waals surface area contributed by atoms with Crippen LogP contribution in [0.4, 0.5) is 11.4 Å². The number of nitrogen functional groups attached to an aromatic ring is 1. The average Bonchev–Trinajstić information content (AvgIpc) is 2.45. The molecule has 2 aromatic rings. The second-order valence-corrected chi connectivity index (χ2v) is 6.61. The molecule has 7 heteroatoms. The Labute approximate surface area is 123 Å². The number of anilines is 2. The Balaban J connectivity index is 2.30. The maximum atomic E-state index is 12.4. The summed E-state index contributed by atoms with van der Waals surface area (Å²) >= 11 is 0. The van der Waals surface area contributed by atoms with Gasteiger partial charge in [-0.1, -0.05) is 0 Å². The normalized spacial score (nSPS) is 11.1. The molecule has 2 N–H and O–H groups in total. The smallest absolute Gasteiger partial charge is 0.258 e. The van der Waals surface area contributed by atoms with Crippen LogP contribution in [0.2, 0.25) is 0 Å². The Kier molecular flexibility index (Phi) is 3.95. The topological polar surface area (TPSA) is 93.4 Å². The van der Waals surface area contributed by atoms with E-state index in [1.54, 1.807) is 19.3 Å². The molecule has 2 rings (SSSR count). The van der Waals surface area contributed by atoms with Gasteiger partial charge in [0.2, 0.25) is 0 Å². The summed E-state index contributed by atoms with van der Waals surface area (Å²) in [7, 11) is -1.68. The van der Waals surface area contributed by atoms with Gasteiger partial charge in [0.1, 0.15) is 0 Å². The largest absolute Gasteiger partial charge is 0.396 e. The number of sulfone groups is 1. The van der Waals surface area contributed by atoms with E-state index in [0.717, 1.165) is 6.26 Å².